The first-order valence-electron chi connectivity index (χ1n) is 6.51. The summed E-state index contributed by atoms with van der Waals surface area (Å²) >= 11 is 0. The summed E-state index contributed by atoms with van der Waals surface area (Å²) in [6, 6.07) is 7.23. The van der Waals surface area contributed by atoms with Gasteiger partial charge in [-0.15, -0.1) is 0 Å². The Balaban J connectivity index is 1.66. The summed E-state index contributed by atoms with van der Waals surface area (Å²) < 4.78 is 26.4. The summed E-state index contributed by atoms with van der Waals surface area (Å²) in [7, 11) is 1.60. The lowest BCUT2D eigenvalue weighted by atomic mass is 10.3. The predicted molar refractivity (Wildman–Crippen MR) is 71.6 cm³/mol. The van der Waals surface area contributed by atoms with Gasteiger partial charge in [-0.1, -0.05) is 0 Å². The van der Waals surface area contributed by atoms with E-state index in [1.165, 1.54) is 0 Å². The first-order valence-corrected chi connectivity index (χ1v) is 6.51. The summed E-state index contributed by atoms with van der Waals surface area (Å²) in [6.45, 7) is 0.459. The molecule has 0 radical (unpaired) electrons. The lowest BCUT2D eigenvalue weighted by molar-refractivity contribution is -0.148. The molecule has 1 aliphatic heterocycles. The molecule has 1 fully saturated rings. The number of ether oxygens (including phenoxy) is 5. The summed E-state index contributed by atoms with van der Waals surface area (Å²) in [5.74, 6) is 0.454. The van der Waals surface area contributed by atoms with Gasteiger partial charge in [0.2, 0.25) is 0 Å². The van der Waals surface area contributed by atoms with Crippen LogP contribution >= 0.6 is 0 Å². The zero-order valence-corrected chi connectivity index (χ0v) is 11.7. The molecule has 0 saturated carbocycles. The maximum atomic E-state index is 10.3. The van der Waals surface area contributed by atoms with Crippen molar-refractivity contribution in [1.29, 1.82) is 0 Å². The smallest absolute Gasteiger partial charge is 0.329 e. The van der Waals surface area contributed by atoms with Crippen LogP contribution in [0.2, 0.25) is 0 Å². The van der Waals surface area contributed by atoms with Crippen molar-refractivity contribution < 1.29 is 33.6 Å². The zero-order valence-electron chi connectivity index (χ0n) is 11.7. The number of benzene rings is 1. The molecule has 1 saturated heterocycles. The predicted octanol–water partition coefficient (Wildman–Crippen LogP) is 0.917. The fourth-order valence-corrected chi connectivity index (χ4v) is 1.79. The number of carboxylic acids is 1. The average Bonchev–Trinajstić information content (AvgIpc) is 2.93. The minimum absolute atomic E-state index is 0.0886. The lowest BCUT2D eigenvalue weighted by Crippen LogP contribution is -2.23. The number of aliphatic carboxylic acids is 1. The van der Waals surface area contributed by atoms with Crippen LogP contribution in [0.1, 0.15) is 0 Å². The van der Waals surface area contributed by atoms with Gasteiger partial charge in [-0.25, -0.2) is 4.79 Å². The van der Waals surface area contributed by atoms with E-state index in [2.05, 4.69) is 0 Å². The summed E-state index contributed by atoms with van der Waals surface area (Å²) in [5.41, 5.74) is 0. The van der Waals surface area contributed by atoms with E-state index in [0.29, 0.717) is 19.0 Å². The van der Waals surface area contributed by atoms with Crippen molar-refractivity contribution in [1.82, 2.24) is 0 Å². The summed E-state index contributed by atoms with van der Waals surface area (Å²) in [6.07, 6.45) is -0.751. The Labute approximate surface area is 122 Å². The molecule has 0 bridgehead atoms. The van der Waals surface area contributed by atoms with Crippen LogP contribution in [0, 0.1) is 0 Å². The van der Waals surface area contributed by atoms with E-state index in [4.69, 9.17) is 28.8 Å². The normalized spacial score (nSPS) is 21.2. The molecule has 0 aromatic heterocycles. The van der Waals surface area contributed by atoms with Crippen molar-refractivity contribution in [3.63, 3.8) is 0 Å². The van der Waals surface area contributed by atoms with Crippen LogP contribution in [0.4, 0.5) is 0 Å². The van der Waals surface area contributed by atoms with E-state index in [1.807, 2.05) is 24.3 Å². The van der Waals surface area contributed by atoms with Crippen LogP contribution in [0.3, 0.4) is 0 Å². The van der Waals surface area contributed by atoms with E-state index in [-0.39, 0.29) is 19.3 Å². The van der Waals surface area contributed by atoms with Crippen LogP contribution in [0.5, 0.6) is 11.5 Å². The molecule has 1 aliphatic rings. The van der Waals surface area contributed by atoms with E-state index in [0.717, 1.165) is 5.75 Å². The van der Waals surface area contributed by atoms with Gasteiger partial charge in [0.25, 0.3) is 0 Å². The zero-order chi connectivity index (χ0) is 15.1. The third kappa shape index (κ3) is 5.22. The summed E-state index contributed by atoms with van der Waals surface area (Å²) in [4.78, 5) is 10.3. The standard InChI is InChI=1S/C14H18O7/c1-17-10-2-4-11(5-3-10)19-6-12-7-20-14(21-12)9-18-8-13(15)16/h2-5,12,14H,6-9H2,1H3,(H,15,16). The van der Waals surface area contributed by atoms with E-state index < -0.39 is 12.3 Å². The Hall–Kier alpha value is -1.83. The van der Waals surface area contributed by atoms with Crippen molar-refractivity contribution in [3.8, 4) is 11.5 Å². The molecule has 1 N–H and O–H groups in total. The molecule has 116 valence electrons. The lowest BCUT2D eigenvalue weighted by Gasteiger charge is -2.12. The number of methoxy groups -OCH3 is 1. The third-order valence-electron chi connectivity index (χ3n) is 2.79. The molecule has 7 heteroatoms. The molecule has 7 nitrogen and oxygen atoms in total. The minimum atomic E-state index is -1.02. The highest BCUT2D eigenvalue weighted by molar-refractivity contribution is 5.67. The molecule has 21 heavy (non-hydrogen) atoms. The maximum absolute atomic E-state index is 10.3. The first kappa shape index (κ1) is 15.6. The van der Waals surface area contributed by atoms with Crippen LogP contribution in [-0.4, -0.2) is 57.0 Å². The quantitative estimate of drug-likeness (QED) is 0.764. The molecule has 0 spiro atoms. The molecule has 0 aliphatic carbocycles. The fourth-order valence-electron chi connectivity index (χ4n) is 1.79. The third-order valence-corrected chi connectivity index (χ3v) is 2.79. The van der Waals surface area contributed by atoms with Crippen molar-refractivity contribution in [2.75, 3.05) is 33.5 Å². The Morgan fingerprint density at radius 1 is 1.29 bits per heavy atom. The topological polar surface area (TPSA) is 83.5 Å². The first-order chi connectivity index (χ1) is 10.2. The van der Waals surface area contributed by atoms with E-state index in [1.54, 1.807) is 7.11 Å². The molecule has 2 atom stereocenters. The highest BCUT2D eigenvalue weighted by Gasteiger charge is 2.26. The Morgan fingerprint density at radius 3 is 2.67 bits per heavy atom. The monoisotopic (exact) mass is 298 g/mol. The van der Waals surface area contributed by atoms with Gasteiger partial charge in [0.15, 0.2) is 6.29 Å². The van der Waals surface area contributed by atoms with Crippen molar-refractivity contribution >= 4 is 5.97 Å². The van der Waals surface area contributed by atoms with Gasteiger partial charge < -0.3 is 28.8 Å². The highest BCUT2D eigenvalue weighted by Crippen LogP contribution is 2.19. The minimum Gasteiger partial charge on any atom is -0.497 e. The van der Waals surface area contributed by atoms with Crippen molar-refractivity contribution in [2.45, 2.75) is 12.4 Å². The van der Waals surface area contributed by atoms with Gasteiger partial charge in [0, 0.05) is 0 Å². The van der Waals surface area contributed by atoms with Gasteiger partial charge in [-0.2, -0.15) is 0 Å². The molecular weight excluding hydrogens is 280 g/mol. The number of carboxylic acid groups (broad SMARTS) is 1. The van der Waals surface area contributed by atoms with Gasteiger partial charge in [0.1, 0.15) is 30.8 Å². The fraction of sp³-hybridized carbons (Fsp3) is 0.500. The van der Waals surface area contributed by atoms with Crippen LogP contribution in [0.25, 0.3) is 0 Å². The second kappa shape index (κ2) is 7.82. The number of rotatable bonds is 8. The molecule has 1 aromatic carbocycles. The Bertz CT molecular complexity index is 445. The number of hydrogen-bond donors (Lipinski definition) is 1. The van der Waals surface area contributed by atoms with Gasteiger partial charge in [-0.05, 0) is 24.3 Å². The molecule has 1 aromatic rings. The van der Waals surface area contributed by atoms with Gasteiger partial charge in [0.05, 0.1) is 20.3 Å². The van der Waals surface area contributed by atoms with Crippen molar-refractivity contribution in [2.24, 2.45) is 0 Å². The van der Waals surface area contributed by atoms with Crippen LogP contribution < -0.4 is 9.47 Å². The summed E-state index contributed by atoms with van der Waals surface area (Å²) in [5, 5.41) is 8.45. The van der Waals surface area contributed by atoms with Gasteiger partial charge >= 0.3 is 5.97 Å². The Kier molecular flexibility index (Phi) is 5.79. The highest BCUT2D eigenvalue weighted by atomic mass is 16.7. The van der Waals surface area contributed by atoms with Gasteiger partial charge in [-0.3, -0.25) is 0 Å². The molecule has 0 amide bonds. The Morgan fingerprint density at radius 2 is 2.00 bits per heavy atom. The van der Waals surface area contributed by atoms with E-state index >= 15 is 0 Å². The maximum Gasteiger partial charge on any atom is 0.329 e. The average molecular weight is 298 g/mol. The molecule has 1 heterocycles. The number of carbonyl (C=O) groups is 1. The van der Waals surface area contributed by atoms with Crippen LogP contribution in [-0.2, 0) is 19.0 Å². The van der Waals surface area contributed by atoms with Crippen molar-refractivity contribution in [3.05, 3.63) is 24.3 Å². The van der Waals surface area contributed by atoms with E-state index in [9.17, 15) is 4.79 Å². The molecule has 2 unspecified atom stereocenters. The van der Waals surface area contributed by atoms with Crippen LogP contribution in [0.15, 0.2) is 24.3 Å². The molecular formula is C14H18O7. The largest absolute Gasteiger partial charge is 0.497 e. The molecule has 2 rings (SSSR count). The second-order valence-corrected chi connectivity index (χ2v) is 4.42. The number of hydrogen-bond acceptors (Lipinski definition) is 6. The second-order valence-electron chi connectivity index (χ2n) is 4.42. The SMILES string of the molecule is COc1ccc(OCC2COC(COCC(=O)O)O2)cc1.